The topological polar surface area (TPSA) is 88.1 Å². The van der Waals surface area contributed by atoms with Crippen LogP contribution in [0.4, 0.5) is 21.9 Å². The van der Waals surface area contributed by atoms with Crippen LogP contribution in [0, 0.1) is 0 Å². The van der Waals surface area contributed by atoms with Gasteiger partial charge < -0.3 is 16.0 Å². The number of nitrogens with one attached hydrogen (secondary N) is 3. The van der Waals surface area contributed by atoms with E-state index in [0.717, 1.165) is 5.56 Å². The molecule has 4 aromatic rings. The van der Waals surface area contributed by atoms with E-state index in [9.17, 15) is 9.59 Å². The minimum absolute atomic E-state index is 0.248. The van der Waals surface area contributed by atoms with Gasteiger partial charge in [-0.05, 0) is 42.0 Å². The van der Waals surface area contributed by atoms with E-state index in [0.29, 0.717) is 29.2 Å². The Hall–Kier alpha value is -4.39. The summed E-state index contributed by atoms with van der Waals surface area (Å²) in [5.74, 6) is -0.248. The highest BCUT2D eigenvalue weighted by molar-refractivity contribution is 6.04. The first-order chi connectivity index (χ1) is 15.2. The Morgan fingerprint density at radius 2 is 1.26 bits per heavy atom. The molecule has 7 heteroatoms. The second-order valence-electron chi connectivity index (χ2n) is 6.89. The van der Waals surface area contributed by atoms with Crippen LogP contribution >= 0.6 is 0 Å². The lowest BCUT2D eigenvalue weighted by Gasteiger charge is -2.09. The number of carbonyl (C=O) groups is 2. The van der Waals surface area contributed by atoms with Crippen LogP contribution in [-0.2, 0) is 6.54 Å². The summed E-state index contributed by atoms with van der Waals surface area (Å²) in [6.07, 6.45) is 3.26. The van der Waals surface area contributed by atoms with Crippen LogP contribution in [-0.4, -0.2) is 21.7 Å². The maximum atomic E-state index is 12.5. The van der Waals surface area contributed by atoms with E-state index in [1.807, 2.05) is 48.5 Å². The van der Waals surface area contributed by atoms with Crippen molar-refractivity contribution in [3.8, 4) is 0 Å². The molecule has 0 spiro atoms. The first-order valence-electron chi connectivity index (χ1n) is 9.76. The molecule has 154 valence electrons. The largest absolute Gasteiger partial charge is 0.323 e. The quantitative estimate of drug-likeness (QED) is 0.425. The van der Waals surface area contributed by atoms with Crippen LogP contribution in [0.2, 0.25) is 0 Å². The molecule has 0 fully saturated rings. The smallest absolute Gasteiger partial charge is 0.322 e. The molecule has 1 aromatic heterocycles. The van der Waals surface area contributed by atoms with Gasteiger partial charge in [-0.3, -0.25) is 9.48 Å². The molecule has 1 heterocycles. The van der Waals surface area contributed by atoms with Gasteiger partial charge in [-0.25, -0.2) is 4.79 Å². The van der Waals surface area contributed by atoms with Crippen LogP contribution in [0.1, 0.15) is 15.9 Å². The monoisotopic (exact) mass is 411 g/mol. The summed E-state index contributed by atoms with van der Waals surface area (Å²) in [5.41, 5.74) is 3.52. The lowest BCUT2D eigenvalue weighted by Crippen LogP contribution is -2.19. The van der Waals surface area contributed by atoms with Gasteiger partial charge in [-0.2, -0.15) is 5.10 Å². The van der Waals surface area contributed by atoms with Crippen molar-refractivity contribution in [3.63, 3.8) is 0 Å². The molecule has 3 aromatic carbocycles. The molecule has 0 aliphatic heterocycles. The number of hydrogen-bond donors (Lipinski definition) is 3. The van der Waals surface area contributed by atoms with E-state index >= 15 is 0 Å². The minimum atomic E-state index is -0.339. The minimum Gasteiger partial charge on any atom is -0.322 e. The number of aromatic nitrogens is 2. The van der Waals surface area contributed by atoms with Crippen LogP contribution in [0.15, 0.2) is 97.3 Å². The number of para-hydroxylation sites is 1. The molecule has 7 nitrogen and oxygen atoms in total. The Bertz CT molecular complexity index is 1160. The third-order valence-corrected chi connectivity index (χ3v) is 4.52. The number of benzene rings is 3. The van der Waals surface area contributed by atoms with Gasteiger partial charge in [0.2, 0.25) is 0 Å². The van der Waals surface area contributed by atoms with E-state index in [-0.39, 0.29) is 11.9 Å². The van der Waals surface area contributed by atoms with Crippen LogP contribution in [0.5, 0.6) is 0 Å². The number of amides is 3. The molecule has 4 rings (SSSR count). The molecule has 0 aliphatic rings. The summed E-state index contributed by atoms with van der Waals surface area (Å²) in [6, 6.07) is 25.7. The molecule has 0 saturated carbocycles. The van der Waals surface area contributed by atoms with E-state index in [1.54, 1.807) is 53.5 Å². The SMILES string of the molecule is O=C(Nc1ccccc1)Nc1ccc(NC(=O)c2cnn(Cc3ccccc3)c2)cc1. The third-order valence-electron chi connectivity index (χ3n) is 4.52. The van der Waals surface area contributed by atoms with Gasteiger partial charge in [-0.15, -0.1) is 0 Å². The summed E-state index contributed by atoms with van der Waals surface area (Å²) in [5, 5.41) is 12.6. The number of nitrogens with zero attached hydrogens (tertiary/aromatic N) is 2. The lowest BCUT2D eigenvalue weighted by molar-refractivity contribution is 0.102. The molecule has 3 amide bonds. The van der Waals surface area contributed by atoms with Crippen LogP contribution in [0.25, 0.3) is 0 Å². The normalized spacial score (nSPS) is 10.3. The first-order valence-corrected chi connectivity index (χ1v) is 9.76. The summed E-state index contributed by atoms with van der Waals surface area (Å²) in [6.45, 7) is 0.597. The fourth-order valence-electron chi connectivity index (χ4n) is 2.99. The van der Waals surface area contributed by atoms with Crippen molar-refractivity contribution in [3.05, 3.63) is 108 Å². The van der Waals surface area contributed by atoms with E-state index in [4.69, 9.17) is 0 Å². The maximum absolute atomic E-state index is 12.5. The van der Waals surface area contributed by atoms with E-state index in [2.05, 4.69) is 21.0 Å². The van der Waals surface area contributed by atoms with Crippen molar-refractivity contribution in [2.75, 3.05) is 16.0 Å². The van der Waals surface area contributed by atoms with E-state index < -0.39 is 0 Å². The summed E-state index contributed by atoms with van der Waals surface area (Å²) < 4.78 is 1.72. The van der Waals surface area contributed by atoms with Crippen LogP contribution in [0.3, 0.4) is 0 Å². The summed E-state index contributed by atoms with van der Waals surface area (Å²) in [7, 11) is 0. The molecule has 0 aliphatic carbocycles. The molecule has 31 heavy (non-hydrogen) atoms. The third kappa shape index (κ3) is 5.57. The van der Waals surface area contributed by atoms with Crippen molar-refractivity contribution >= 4 is 29.0 Å². The predicted octanol–water partition coefficient (Wildman–Crippen LogP) is 4.83. The number of carbonyl (C=O) groups excluding carboxylic acids is 2. The second kappa shape index (κ2) is 9.41. The molecule has 0 saturated heterocycles. The molecule has 0 atom stereocenters. The van der Waals surface area contributed by atoms with Gasteiger partial charge in [0.15, 0.2) is 0 Å². The second-order valence-corrected chi connectivity index (χ2v) is 6.89. The lowest BCUT2D eigenvalue weighted by atomic mass is 10.2. The Labute approximate surface area is 179 Å². The van der Waals surface area contributed by atoms with Crippen molar-refractivity contribution in [1.82, 2.24) is 9.78 Å². The number of hydrogen-bond acceptors (Lipinski definition) is 3. The Balaban J connectivity index is 1.31. The zero-order valence-corrected chi connectivity index (χ0v) is 16.7. The Morgan fingerprint density at radius 3 is 1.90 bits per heavy atom. The Morgan fingerprint density at radius 1 is 0.710 bits per heavy atom. The Kier molecular flexibility index (Phi) is 6.04. The van der Waals surface area contributed by atoms with Gasteiger partial charge in [0.1, 0.15) is 0 Å². The summed E-state index contributed by atoms with van der Waals surface area (Å²) in [4.78, 5) is 24.6. The average molecular weight is 411 g/mol. The highest BCUT2D eigenvalue weighted by Crippen LogP contribution is 2.15. The van der Waals surface area contributed by atoms with Gasteiger partial charge in [0.05, 0.1) is 18.3 Å². The fraction of sp³-hybridized carbons (Fsp3) is 0.0417. The van der Waals surface area contributed by atoms with Crippen molar-refractivity contribution in [2.24, 2.45) is 0 Å². The maximum Gasteiger partial charge on any atom is 0.323 e. The molecule has 0 radical (unpaired) electrons. The van der Waals surface area contributed by atoms with E-state index in [1.165, 1.54) is 0 Å². The zero-order chi connectivity index (χ0) is 21.5. The molecular weight excluding hydrogens is 390 g/mol. The zero-order valence-electron chi connectivity index (χ0n) is 16.7. The number of anilines is 3. The van der Waals surface area contributed by atoms with Gasteiger partial charge in [0.25, 0.3) is 5.91 Å². The molecule has 0 unspecified atom stereocenters. The molecular formula is C24H21N5O2. The number of urea groups is 1. The van der Waals surface area contributed by atoms with Crippen LogP contribution < -0.4 is 16.0 Å². The highest BCUT2D eigenvalue weighted by Gasteiger charge is 2.10. The molecule has 0 bridgehead atoms. The van der Waals surface area contributed by atoms with Crippen molar-refractivity contribution in [1.29, 1.82) is 0 Å². The van der Waals surface area contributed by atoms with Crippen molar-refractivity contribution in [2.45, 2.75) is 6.54 Å². The van der Waals surface area contributed by atoms with Gasteiger partial charge in [0, 0.05) is 23.3 Å². The number of rotatable bonds is 6. The fourth-order valence-corrected chi connectivity index (χ4v) is 2.99. The highest BCUT2D eigenvalue weighted by atomic mass is 16.2. The average Bonchev–Trinajstić information content (AvgIpc) is 3.25. The molecule has 3 N–H and O–H groups in total. The first kappa shape index (κ1) is 19.9. The van der Waals surface area contributed by atoms with Gasteiger partial charge in [-0.1, -0.05) is 48.5 Å². The predicted molar refractivity (Wildman–Crippen MR) is 121 cm³/mol. The standard InChI is InChI=1S/C24H21N5O2/c30-23(19-15-25-29(17-19)16-18-7-3-1-4-8-18)26-21-11-13-22(14-12-21)28-24(31)27-20-9-5-2-6-10-20/h1-15,17H,16H2,(H,26,30)(H2,27,28,31). The summed E-state index contributed by atoms with van der Waals surface area (Å²) >= 11 is 0. The van der Waals surface area contributed by atoms with Crippen molar-refractivity contribution < 1.29 is 9.59 Å². The van der Waals surface area contributed by atoms with Gasteiger partial charge >= 0.3 is 6.03 Å².